The summed E-state index contributed by atoms with van der Waals surface area (Å²) in [6, 6.07) is 3.16. The Labute approximate surface area is 175 Å². The van der Waals surface area contributed by atoms with Crippen LogP contribution in [-0.2, 0) is 18.9 Å². The van der Waals surface area contributed by atoms with Gasteiger partial charge in [-0.3, -0.25) is 19.8 Å². The lowest BCUT2D eigenvalue weighted by Crippen LogP contribution is -2.28. The molecule has 0 aliphatic heterocycles. The van der Waals surface area contributed by atoms with Crippen LogP contribution in [0.25, 0.3) is 0 Å². The van der Waals surface area contributed by atoms with Crippen molar-refractivity contribution in [2.45, 2.75) is 27.2 Å². The Bertz CT molecular complexity index is 979. The van der Waals surface area contributed by atoms with Gasteiger partial charge in [-0.15, -0.1) is 0 Å². The molecule has 0 bridgehead atoms. The highest BCUT2D eigenvalue weighted by Gasteiger charge is 2.22. The third-order valence-corrected chi connectivity index (χ3v) is 4.35. The van der Waals surface area contributed by atoms with Crippen molar-refractivity contribution in [2.75, 3.05) is 17.2 Å². The molecule has 0 saturated carbocycles. The molecule has 0 spiro atoms. The van der Waals surface area contributed by atoms with E-state index in [0.717, 1.165) is 0 Å². The SMILES string of the molecule is Cn1cc(NC(=O)c2cc(NC(=O)C(C)(C)C)cn2C)cc1C(=O)NCCC(=N)N. The maximum Gasteiger partial charge on any atom is 0.272 e. The summed E-state index contributed by atoms with van der Waals surface area (Å²) in [5.41, 5.74) is 6.43. The summed E-state index contributed by atoms with van der Waals surface area (Å²) in [6.07, 6.45) is 3.56. The van der Waals surface area contributed by atoms with E-state index < -0.39 is 5.41 Å². The van der Waals surface area contributed by atoms with Gasteiger partial charge in [0.25, 0.3) is 11.8 Å². The topological polar surface area (TPSA) is 147 Å². The van der Waals surface area contributed by atoms with E-state index in [2.05, 4.69) is 16.0 Å². The molecule has 0 aliphatic carbocycles. The monoisotopic (exact) mass is 415 g/mol. The number of aromatic nitrogens is 2. The summed E-state index contributed by atoms with van der Waals surface area (Å²) in [5, 5.41) is 15.4. The average molecular weight is 415 g/mol. The van der Waals surface area contributed by atoms with E-state index in [4.69, 9.17) is 11.1 Å². The molecule has 0 fully saturated rings. The van der Waals surface area contributed by atoms with Gasteiger partial charge in [-0.05, 0) is 12.1 Å². The van der Waals surface area contributed by atoms with Gasteiger partial charge in [0, 0.05) is 44.9 Å². The van der Waals surface area contributed by atoms with Crippen LogP contribution < -0.4 is 21.7 Å². The molecule has 10 heteroatoms. The normalized spacial score (nSPS) is 11.1. The van der Waals surface area contributed by atoms with E-state index in [9.17, 15) is 14.4 Å². The van der Waals surface area contributed by atoms with Gasteiger partial charge in [-0.2, -0.15) is 0 Å². The van der Waals surface area contributed by atoms with Crippen LogP contribution in [0.3, 0.4) is 0 Å². The number of aryl methyl sites for hydroxylation is 2. The van der Waals surface area contributed by atoms with Crippen LogP contribution in [0.15, 0.2) is 24.5 Å². The molecule has 3 amide bonds. The molecule has 2 rings (SSSR count). The molecular weight excluding hydrogens is 386 g/mol. The minimum Gasteiger partial charge on any atom is -0.388 e. The summed E-state index contributed by atoms with van der Waals surface area (Å²) in [7, 11) is 3.40. The molecular formula is C20H29N7O3. The Morgan fingerprint density at radius 1 is 0.967 bits per heavy atom. The first-order chi connectivity index (χ1) is 13.9. The fourth-order valence-electron chi connectivity index (χ4n) is 2.63. The molecule has 2 aromatic heterocycles. The third kappa shape index (κ3) is 5.72. The molecule has 162 valence electrons. The number of carbonyl (C=O) groups is 3. The molecule has 2 aromatic rings. The number of nitrogens with zero attached hydrogens (tertiary/aromatic N) is 2. The smallest absolute Gasteiger partial charge is 0.272 e. The number of nitrogens with one attached hydrogen (secondary N) is 4. The van der Waals surface area contributed by atoms with E-state index >= 15 is 0 Å². The van der Waals surface area contributed by atoms with Crippen LogP contribution in [0.4, 0.5) is 11.4 Å². The van der Waals surface area contributed by atoms with E-state index in [1.165, 1.54) is 0 Å². The second-order valence-corrected chi connectivity index (χ2v) is 8.14. The highest BCUT2D eigenvalue weighted by atomic mass is 16.2. The number of hydrogen-bond acceptors (Lipinski definition) is 4. The third-order valence-electron chi connectivity index (χ3n) is 4.35. The van der Waals surface area contributed by atoms with Gasteiger partial charge in [0.15, 0.2) is 0 Å². The van der Waals surface area contributed by atoms with Crippen molar-refractivity contribution in [3.8, 4) is 0 Å². The Hall–Kier alpha value is -3.56. The second kappa shape index (κ2) is 8.85. The fourth-order valence-corrected chi connectivity index (χ4v) is 2.63. The van der Waals surface area contributed by atoms with Crippen LogP contribution >= 0.6 is 0 Å². The molecule has 0 saturated heterocycles. The largest absolute Gasteiger partial charge is 0.388 e. The highest BCUT2D eigenvalue weighted by molar-refractivity contribution is 6.05. The van der Waals surface area contributed by atoms with Gasteiger partial charge < -0.3 is 30.8 Å². The van der Waals surface area contributed by atoms with E-state index in [0.29, 0.717) is 22.8 Å². The predicted octanol–water partition coefficient (Wildman–Crippen LogP) is 1.66. The lowest BCUT2D eigenvalue weighted by Gasteiger charge is -2.16. The molecule has 0 aromatic carbocycles. The number of amidine groups is 1. The summed E-state index contributed by atoms with van der Waals surface area (Å²) in [4.78, 5) is 37.1. The van der Waals surface area contributed by atoms with E-state index in [-0.39, 0.29) is 36.5 Å². The zero-order valence-corrected chi connectivity index (χ0v) is 17.9. The van der Waals surface area contributed by atoms with Gasteiger partial charge in [0.2, 0.25) is 5.91 Å². The van der Waals surface area contributed by atoms with Crippen molar-refractivity contribution >= 4 is 34.9 Å². The van der Waals surface area contributed by atoms with Crippen molar-refractivity contribution in [1.82, 2.24) is 14.5 Å². The lowest BCUT2D eigenvalue weighted by molar-refractivity contribution is -0.123. The quantitative estimate of drug-likeness (QED) is 0.345. The summed E-state index contributed by atoms with van der Waals surface area (Å²) in [5.74, 6) is -0.854. The zero-order valence-electron chi connectivity index (χ0n) is 17.9. The average Bonchev–Trinajstić information content (AvgIpc) is 3.15. The first-order valence-corrected chi connectivity index (χ1v) is 9.45. The maximum absolute atomic E-state index is 12.7. The Morgan fingerprint density at radius 3 is 1.97 bits per heavy atom. The standard InChI is InChI=1S/C20H29N7O3/c1-20(2,3)19(30)25-13-9-15(27(5)11-13)18(29)24-12-8-14(26(4)10-12)17(28)23-7-6-16(21)22/h8-11H,6-7H2,1-5H3,(H3,21,22)(H,23,28)(H,24,29)(H,25,30). The number of carbonyl (C=O) groups excluding carboxylic acids is 3. The summed E-state index contributed by atoms with van der Waals surface area (Å²) >= 11 is 0. The van der Waals surface area contributed by atoms with Crippen molar-refractivity contribution in [1.29, 1.82) is 5.41 Å². The lowest BCUT2D eigenvalue weighted by atomic mass is 9.96. The van der Waals surface area contributed by atoms with Gasteiger partial charge >= 0.3 is 0 Å². The first-order valence-electron chi connectivity index (χ1n) is 9.45. The van der Waals surface area contributed by atoms with Crippen molar-refractivity contribution in [3.63, 3.8) is 0 Å². The van der Waals surface area contributed by atoms with Gasteiger partial charge in [0.1, 0.15) is 11.4 Å². The zero-order chi connectivity index (χ0) is 22.6. The van der Waals surface area contributed by atoms with E-state index in [1.54, 1.807) is 47.8 Å². The van der Waals surface area contributed by atoms with Gasteiger partial charge in [0.05, 0.1) is 17.2 Å². The Morgan fingerprint density at radius 2 is 1.47 bits per heavy atom. The summed E-state index contributed by atoms with van der Waals surface area (Å²) in [6.45, 7) is 5.68. The minimum absolute atomic E-state index is 0.00393. The Kier molecular flexibility index (Phi) is 6.70. The highest BCUT2D eigenvalue weighted by Crippen LogP contribution is 2.20. The van der Waals surface area contributed by atoms with Crippen LogP contribution in [0.1, 0.15) is 48.2 Å². The van der Waals surface area contributed by atoms with Gasteiger partial charge in [-0.25, -0.2) is 0 Å². The molecule has 2 heterocycles. The molecule has 0 atom stereocenters. The van der Waals surface area contributed by atoms with Crippen LogP contribution in [0.5, 0.6) is 0 Å². The van der Waals surface area contributed by atoms with Crippen LogP contribution in [0, 0.1) is 10.8 Å². The van der Waals surface area contributed by atoms with Crippen LogP contribution in [-0.4, -0.2) is 39.2 Å². The predicted molar refractivity (Wildman–Crippen MR) is 116 cm³/mol. The molecule has 0 aliphatic rings. The molecule has 10 nitrogen and oxygen atoms in total. The number of anilines is 2. The van der Waals surface area contributed by atoms with Crippen LogP contribution in [0.2, 0.25) is 0 Å². The Balaban J connectivity index is 2.07. The second-order valence-electron chi connectivity index (χ2n) is 8.14. The first kappa shape index (κ1) is 22.7. The van der Waals surface area contributed by atoms with Gasteiger partial charge in [-0.1, -0.05) is 20.8 Å². The molecule has 30 heavy (non-hydrogen) atoms. The van der Waals surface area contributed by atoms with E-state index in [1.807, 2.05) is 20.8 Å². The van der Waals surface area contributed by atoms with Crippen molar-refractivity contribution < 1.29 is 14.4 Å². The molecule has 6 N–H and O–H groups in total. The summed E-state index contributed by atoms with van der Waals surface area (Å²) < 4.78 is 3.21. The fraction of sp³-hybridized carbons (Fsp3) is 0.400. The maximum atomic E-state index is 12.7. The van der Waals surface area contributed by atoms with Crippen molar-refractivity contribution in [2.24, 2.45) is 25.2 Å². The molecule has 0 radical (unpaired) electrons. The number of nitrogens with two attached hydrogens (primary N) is 1. The number of hydrogen-bond donors (Lipinski definition) is 5. The number of amides is 3. The van der Waals surface area contributed by atoms with Crippen molar-refractivity contribution in [3.05, 3.63) is 35.9 Å². The minimum atomic E-state index is -0.552. The number of rotatable bonds is 7. The molecule has 0 unspecified atom stereocenters.